The lowest BCUT2D eigenvalue weighted by atomic mass is 9.92. The highest BCUT2D eigenvalue weighted by Crippen LogP contribution is 2.45. The van der Waals surface area contributed by atoms with Crippen molar-refractivity contribution in [2.45, 2.75) is 46.0 Å². The number of nitrogens with zero attached hydrogens (tertiary/aromatic N) is 4. The van der Waals surface area contributed by atoms with Crippen LogP contribution in [0.4, 0.5) is 13.2 Å². The second kappa shape index (κ2) is 11.4. The number of pyridine rings is 1. The molecular weight excluding hydrogens is 515 g/mol. The average Bonchev–Trinajstić information content (AvgIpc) is 3.29. The lowest BCUT2D eigenvalue weighted by molar-refractivity contribution is -0.137. The molecule has 1 atom stereocenters. The first-order valence-corrected chi connectivity index (χ1v) is 13.1. The van der Waals surface area contributed by atoms with Gasteiger partial charge in [0.1, 0.15) is 0 Å². The van der Waals surface area contributed by atoms with Crippen molar-refractivity contribution in [1.29, 1.82) is 0 Å². The van der Waals surface area contributed by atoms with Crippen LogP contribution < -0.4 is 5.32 Å². The van der Waals surface area contributed by atoms with E-state index in [-0.39, 0.29) is 24.8 Å². The van der Waals surface area contributed by atoms with Crippen LogP contribution in [0.3, 0.4) is 0 Å². The van der Waals surface area contributed by atoms with Gasteiger partial charge in [0, 0.05) is 25.0 Å². The third-order valence-electron chi connectivity index (χ3n) is 6.37. The van der Waals surface area contributed by atoms with Crippen molar-refractivity contribution in [3.8, 4) is 0 Å². The molecule has 38 heavy (non-hydrogen) atoms. The van der Waals surface area contributed by atoms with Gasteiger partial charge >= 0.3 is 6.18 Å². The summed E-state index contributed by atoms with van der Waals surface area (Å²) in [5.74, 6) is -0.492. The van der Waals surface area contributed by atoms with Gasteiger partial charge in [-0.05, 0) is 56.0 Å². The number of fused-ring (bicyclic) bond motifs is 1. The summed E-state index contributed by atoms with van der Waals surface area (Å²) in [6.45, 7) is 6.66. The Labute approximate surface area is 223 Å². The highest BCUT2D eigenvalue weighted by molar-refractivity contribution is 8.16. The van der Waals surface area contributed by atoms with Gasteiger partial charge in [0.2, 0.25) is 5.91 Å². The van der Waals surface area contributed by atoms with Crippen LogP contribution in [0.15, 0.2) is 76.0 Å². The summed E-state index contributed by atoms with van der Waals surface area (Å²) in [6.07, 6.45) is -2.84. The van der Waals surface area contributed by atoms with Crippen molar-refractivity contribution in [2.24, 2.45) is 4.99 Å². The van der Waals surface area contributed by atoms with Gasteiger partial charge in [-0.2, -0.15) is 13.2 Å². The van der Waals surface area contributed by atoms with Crippen molar-refractivity contribution in [1.82, 2.24) is 20.1 Å². The fraction of sp³-hybridized carbons (Fsp3) is 0.333. The fourth-order valence-corrected chi connectivity index (χ4v) is 5.38. The molecule has 7 nitrogen and oxygen atoms in total. The average molecular weight is 544 g/mol. The van der Waals surface area contributed by atoms with E-state index in [0.29, 0.717) is 46.5 Å². The molecule has 4 rings (SSSR count). The molecule has 3 heterocycles. The number of nitrogens with one attached hydrogen (secondary N) is 1. The number of carbonyl (C=O) groups is 2. The maximum Gasteiger partial charge on any atom is 0.416 e. The smallest absolute Gasteiger partial charge is 0.350 e. The van der Waals surface area contributed by atoms with Gasteiger partial charge in [-0.15, -0.1) is 0 Å². The van der Waals surface area contributed by atoms with E-state index in [1.54, 1.807) is 40.5 Å². The van der Waals surface area contributed by atoms with Crippen LogP contribution in [-0.2, 0) is 22.3 Å². The molecule has 1 aromatic heterocycles. The van der Waals surface area contributed by atoms with E-state index in [2.05, 4.69) is 15.3 Å². The minimum Gasteiger partial charge on any atom is -0.350 e. The number of amidine groups is 1. The number of hydrogen-bond donors (Lipinski definition) is 1. The third kappa shape index (κ3) is 5.77. The van der Waals surface area contributed by atoms with Gasteiger partial charge < -0.3 is 15.1 Å². The molecule has 2 aromatic rings. The predicted molar refractivity (Wildman–Crippen MR) is 140 cm³/mol. The number of allylic oxidation sites excluding steroid dienone is 1. The van der Waals surface area contributed by atoms with E-state index in [0.717, 1.165) is 12.1 Å². The Morgan fingerprint density at radius 3 is 2.42 bits per heavy atom. The van der Waals surface area contributed by atoms with Crippen molar-refractivity contribution in [3.05, 3.63) is 87.9 Å². The molecule has 0 radical (unpaired) electrons. The van der Waals surface area contributed by atoms with E-state index in [9.17, 15) is 22.8 Å². The Morgan fingerprint density at radius 1 is 1.11 bits per heavy atom. The number of hydrogen-bond acceptors (Lipinski definition) is 6. The molecule has 2 aliphatic rings. The topological polar surface area (TPSA) is 77.9 Å². The zero-order valence-electron chi connectivity index (χ0n) is 21.2. The Bertz CT molecular complexity index is 1290. The number of amides is 2. The number of rotatable bonds is 8. The maximum atomic E-state index is 13.6. The minimum absolute atomic E-state index is 0.00176. The normalized spacial score (nSPS) is 17.1. The second-order valence-electron chi connectivity index (χ2n) is 8.76. The minimum atomic E-state index is -4.48. The number of thioether (sulfide) groups is 1. The number of halogens is 3. The molecule has 2 aliphatic heterocycles. The van der Waals surface area contributed by atoms with Crippen molar-refractivity contribution >= 4 is 28.7 Å². The highest BCUT2D eigenvalue weighted by Gasteiger charge is 2.41. The van der Waals surface area contributed by atoms with Gasteiger partial charge in [-0.3, -0.25) is 14.6 Å². The molecule has 2 amide bonds. The van der Waals surface area contributed by atoms with E-state index < -0.39 is 17.8 Å². The summed E-state index contributed by atoms with van der Waals surface area (Å²) in [6, 6.07) is 9.50. The van der Waals surface area contributed by atoms with Crippen molar-refractivity contribution in [3.63, 3.8) is 0 Å². The van der Waals surface area contributed by atoms with Gasteiger partial charge in [-0.1, -0.05) is 30.0 Å². The number of benzene rings is 1. The Kier molecular flexibility index (Phi) is 8.25. The summed E-state index contributed by atoms with van der Waals surface area (Å²) in [5.41, 5.74) is 1.92. The molecular formula is C27H28F3N5O2S. The van der Waals surface area contributed by atoms with Crippen LogP contribution >= 0.6 is 11.8 Å². The van der Waals surface area contributed by atoms with Gasteiger partial charge in [0.15, 0.2) is 5.17 Å². The number of carbonyl (C=O) groups excluding carboxylic acids is 2. The van der Waals surface area contributed by atoms with E-state index in [4.69, 9.17) is 0 Å². The number of alkyl halides is 3. The van der Waals surface area contributed by atoms with E-state index in [1.807, 2.05) is 19.9 Å². The Balaban J connectivity index is 1.67. The number of aliphatic imine (C=N–C) groups is 1. The molecule has 0 saturated heterocycles. The maximum absolute atomic E-state index is 13.6. The number of likely N-dealkylation sites (N-methyl/N-ethyl adjacent to an activating group) is 1. The predicted octanol–water partition coefficient (Wildman–Crippen LogP) is 5.25. The van der Waals surface area contributed by atoms with Crippen LogP contribution in [0, 0.1) is 0 Å². The molecule has 0 aliphatic carbocycles. The Morgan fingerprint density at radius 2 is 1.82 bits per heavy atom. The van der Waals surface area contributed by atoms with Crippen LogP contribution in [0.1, 0.15) is 50.1 Å². The summed E-state index contributed by atoms with van der Waals surface area (Å²) in [5, 5.41) is 5.21. The standard InChI is InChI=1S/C27H28F3N5O2S/c1-4-34(5-2)25(37)23-17(3)33-26-35(24(23)18-9-11-19(12-10-18)27(28,29)30)21(16-38-26)14-22(36)32-15-20-8-6-7-13-31-20/h6-13,16,24H,4-5,14-15H2,1-3H3,(H,32,36). The largest absolute Gasteiger partial charge is 0.416 e. The fourth-order valence-electron chi connectivity index (χ4n) is 4.41. The number of aromatic nitrogens is 1. The first kappa shape index (κ1) is 27.4. The molecule has 200 valence electrons. The van der Waals surface area contributed by atoms with Gasteiger partial charge in [0.25, 0.3) is 5.91 Å². The summed E-state index contributed by atoms with van der Waals surface area (Å²) in [7, 11) is 0. The quantitative estimate of drug-likeness (QED) is 0.492. The molecule has 0 spiro atoms. The van der Waals surface area contributed by atoms with Crippen LogP contribution in [0.2, 0.25) is 0 Å². The highest BCUT2D eigenvalue weighted by atomic mass is 32.2. The van der Waals surface area contributed by atoms with Gasteiger partial charge in [-0.25, -0.2) is 4.99 Å². The first-order valence-electron chi connectivity index (χ1n) is 12.2. The summed E-state index contributed by atoms with van der Waals surface area (Å²) >= 11 is 1.32. The van der Waals surface area contributed by atoms with Crippen molar-refractivity contribution in [2.75, 3.05) is 13.1 Å². The Hall–Kier alpha value is -3.60. The second-order valence-corrected chi connectivity index (χ2v) is 9.60. The van der Waals surface area contributed by atoms with Crippen LogP contribution in [-0.4, -0.2) is 44.9 Å². The SMILES string of the molecule is CCN(CC)C(=O)C1=C(C)N=C2SC=C(CC(=O)NCc3ccccn3)N2C1c1ccc(C(F)(F)F)cc1. The van der Waals surface area contributed by atoms with Crippen LogP contribution in [0.25, 0.3) is 0 Å². The lowest BCUT2D eigenvalue weighted by Gasteiger charge is -2.38. The van der Waals surface area contributed by atoms with Gasteiger partial charge in [0.05, 0.1) is 41.5 Å². The molecule has 0 bridgehead atoms. The first-order chi connectivity index (χ1) is 18.1. The summed E-state index contributed by atoms with van der Waals surface area (Å²) in [4.78, 5) is 38.8. The monoisotopic (exact) mass is 543 g/mol. The zero-order chi connectivity index (χ0) is 27.4. The van der Waals surface area contributed by atoms with E-state index in [1.165, 1.54) is 23.9 Å². The van der Waals surface area contributed by atoms with Crippen LogP contribution in [0.5, 0.6) is 0 Å². The zero-order valence-corrected chi connectivity index (χ0v) is 22.1. The van der Waals surface area contributed by atoms with Crippen molar-refractivity contribution < 1.29 is 22.8 Å². The molecule has 0 saturated carbocycles. The molecule has 1 unspecified atom stereocenters. The molecule has 1 aromatic carbocycles. The van der Waals surface area contributed by atoms with E-state index >= 15 is 0 Å². The molecule has 1 N–H and O–H groups in total. The molecule has 0 fully saturated rings. The lowest BCUT2D eigenvalue weighted by Crippen LogP contribution is -2.42. The molecule has 11 heteroatoms. The summed E-state index contributed by atoms with van der Waals surface area (Å²) < 4.78 is 39.8. The third-order valence-corrected chi connectivity index (χ3v) is 7.26.